The molecule has 4 heteroatoms. The number of carbonyl (C=O) groups is 1. The predicted octanol–water partition coefficient (Wildman–Crippen LogP) is 1.76. The zero-order chi connectivity index (χ0) is 12.3. The maximum Gasteiger partial charge on any atom is 0.271 e. The number of hydrazine groups is 1. The summed E-state index contributed by atoms with van der Waals surface area (Å²) in [6.07, 6.45) is 0. The fraction of sp³-hybridized carbons (Fsp3) is 0.417. The largest absolute Gasteiger partial charge is 0.496 e. The number of hydrogen-bond acceptors (Lipinski definition) is 3. The highest BCUT2D eigenvalue weighted by Crippen LogP contribution is 2.24. The van der Waals surface area contributed by atoms with E-state index in [1.807, 2.05) is 12.1 Å². The number of hydrogen-bond donors (Lipinski definition) is 1. The second-order valence-electron chi connectivity index (χ2n) is 4.03. The maximum absolute atomic E-state index is 11.8. The molecule has 1 rings (SSSR count). The number of nitrogens with zero attached hydrogens (tertiary/aromatic N) is 1. The Kier molecular flexibility index (Phi) is 3.90. The van der Waals surface area contributed by atoms with Gasteiger partial charge in [-0.15, -0.1) is 0 Å². The Morgan fingerprint density at radius 3 is 2.50 bits per heavy atom. The predicted molar refractivity (Wildman–Crippen MR) is 63.4 cm³/mol. The van der Waals surface area contributed by atoms with Crippen LogP contribution in [0.1, 0.15) is 35.7 Å². The first kappa shape index (κ1) is 12.5. The van der Waals surface area contributed by atoms with Crippen molar-refractivity contribution in [2.24, 2.45) is 5.84 Å². The zero-order valence-corrected chi connectivity index (χ0v) is 10.2. The average Bonchev–Trinajstić information content (AvgIpc) is 2.26. The third-order valence-electron chi connectivity index (χ3n) is 2.44. The molecule has 0 atom stereocenters. The van der Waals surface area contributed by atoms with Gasteiger partial charge in [0, 0.05) is 7.05 Å². The number of nitrogens with two attached hydrogens (primary N) is 1. The summed E-state index contributed by atoms with van der Waals surface area (Å²) in [7, 11) is 3.06. The van der Waals surface area contributed by atoms with Gasteiger partial charge in [-0.2, -0.15) is 0 Å². The van der Waals surface area contributed by atoms with Gasteiger partial charge in [0.25, 0.3) is 5.91 Å². The third kappa shape index (κ3) is 2.52. The van der Waals surface area contributed by atoms with E-state index in [1.54, 1.807) is 6.07 Å². The molecule has 4 nitrogen and oxygen atoms in total. The molecule has 0 saturated carbocycles. The lowest BCUT2D eigenvalue weighted by atomic mass is 10.00. The van der Waals surface area contributed by atoms with Gasteiger partial charge >= 0.3 is 0 Å². The lowest BCUT2D eigenvalue weighted by molar-refractivity contribution is 0.0791. The van der Waals surface area contributed by atoms with E-state index in [1.165, 1.54) is 14.2 Å². The van der Waals surface area contributed by atoms with E-state index in [-0.39, 0.29) is 5.91 Å². The Hall–Kier alpha value is -1.55. The first-order valence-corrected chi connectivity index (χ1v) is 5.18. The minimum absolute atomic E-state index is 0.251. The van der Waals surface area contributed by atoms with Gasteiger partial charge in [0.15, 0.2) is 0 Å². The van der Waals surface area contributed by atoms with Crippen LogP contribution in [0.4, 0.5) is 0 Å². The van der Waals surface area contributed by atoms with Gasteiger partial charge in [0.05, 0.1) is 12.7 Å². The topological polar surface area (TPSA) is 55.6 Å². The van der Waals surface area contributed by atoms with Crippen LogP contribution < -0.4 is 10.6 Å². The minimum atomic E-state index is -0.251. The normalized spacial score (nSPS) is 10.4. The molecular weight excluding hydrogens is 204 g/mol. The number of benzene rings is 1. The molecule has 0 aliphatic heterocycles. The van der Waals surface area contributed by atoms with Gasteiger partial charge in [-0.25, -0.2) is 5.84 Å². The molecular formula is C12H18N2O2. The summed E-state index contributed by atoms with van der Waals surface area (Å²) in [4.78, 5) is 11.8. The molecule has 88 valence electrons. The number of methoxy groups -OCH3 is 1. The van der Waals surface area contributed by atoms with Crippen LogP contribution in [0.2, 0.25) is 0 Å². The number of amides is 1. The van der Waals surface area contributed by atoms with Gasteiger partial charge < -0.3 is 4.74 Å². The monoisotopic (exact) mass is 222 g/mol. The summed E-state index contributed by atoms with van der Waals surface area (Å²) in [5.41, 5.74) is 1.59. The molecule has 0 heterocycles. The van der Waals surface area contributed by atoms with Gasteiger partial charge in [-0.3, -0.25) is 9.80 Å². The van der Waals surface area contributed by atoms with Crippen molar-refractivity contribution in [3.05, 3.63) is 29.3 Å². The van der Waals surface area contributed by atoms with Crippen molar-refractivity contribution in [1.29, 1.82) is 0 Å². The van der Waals surface area contributed by atoms with E-state index in [4.69, 9.17) is 10.6 Å². The van der Waals surface area contributed by atoms with E-state index in [9.17, 15) is 4.79 Å². The second-order valence-corrected chi connectivity index (χ2v) is 4.03. The Morgan fingerprint density at radius 2 is 2.06 bits per heavy atom. The van der Waals surface area contributed by atoms with Crippen LogP contribution in [0.15, 0.2) is 18.2 Å². The molecule has 0 saturated heterocycles. The molecule has 2 N–H and O–H groups in total. The summed E-state index contributed by atoms with van der Waals surface area (Å²) in [6, 6.07) is 5.58. The summed E-state index contributed by atoms with van der Waals surface area (Å²) in [5, 5.41) is 1.06. The van der Waals surface area contributed by atoms with Crippen LogP contribution in [-0.4, -0.2) is 25.1 Å². The van der Waals surface area contributed by atoms with Crippen LogP contribution in [0.3, 0.4) is 0 Å². The van der Waals surface area contributed by atoms with Crippen molar-refractivity contribution in [2.75, 3.05) is 14.2 Å². The molecule has 0 unspecified atom stereocenters. The van der Waals surface area contributed by atoms with Crippen molar-refractivity contribution in [3.63, 3.8) is 0 Å². The summed E-state index contributed by atoms with van der Waals surface area (Å²) in [6.45, 7) is 4.14. The molecule has 16 heavy (non-hydrogen) atoms. The standard InChI is InChI=1S/C12H18N2O2/c1-8(2)9-5-6-11(16-4)10(7-9)12(15)14(3)13/h5-8H,13H2,1-4H3. The van der Waals surface area contributed by atoms with Gasteiger partial charge in [-0.1, -0.05) is 19.9 Å². The molecule has 1 aromatic rings. The van der Waals surface area contributed by atoms with Crippen LogP contribution in [-0.2, 0) is 0 Å². The fourth-order valence-corrected chi connectivity index (χ4v) is 1.44. The molecule has 0 spiro atoms. The van der Waals surface area contributed by atoms with E-state index >= 15 is 0 Å². The molecule has 0 aromatic heterocycles. The summed E-state index contributed by atoms with van der Waals surface area (Å²) >= 11 is 0. The van der Waals surface area contributed by atoms with Crippen molar-refractivity contribution < 1.29 is 9.53 Å². The lowest BCUT2D eigenvalue weighted by Crippen LogP contribution is -2.33. The Balaban J connectivity index is 3.22. The van der Waals surface area contributed by atoms with E-state index < -0.39 is 0 Å². The van der Waals surface area contributed by atoms with Crippen LogP contribution >= 0.6 is 0 Å². The molecule has 0 aliphatic rings. The number of ether oxygens (including phenoxy) is 1. The zero-order valence-electron chi connectivity index (χ0n) is 10.2. The van der Waals surface area contributed by atoms with Crippen molar-refractivity contribution in [2.45, 2.75) is 19.8 Å². The molecule has 0 aliphatic carbocycles. The number of rotatable bonds is 3. The second kappa shape index (κ2) is 4.99. The summed E-state index contributed by atoms with van der Waals surface area (Å²) < 4.78 is 5.15. The third-order valence-corrected chi connectivity index (χ3v) is 2.44. The van der Waals surface area contributed by atoms with Crippen molar-refractivity contribution in [1.82, 2.24) is 5.01 Å². The fourth-order valence-electron chi connectivity index (χ4n) is 1.44. The molecule has 0 radical (unpaired) electrons. The first-order valence-electron chi connectivity index (χ1n) is 5.18. The average molecular weight is 222 g/mol. The minimum Gasteiger partial charge on any atom is -0.496 e. The van der Waals surface area contributed by atoms with E-state index in [2.05, 4.69) is 13.8 Å². The quantitative estimate of drug-likeness (QED) is 0.481. The van der Waals surface area contributed by atoms with Crippen LogP contribution in [0.25, 0.3) is 0 Å². The smallest absolute Gasteiger partial charge is 0.271 e. The Labute approximate surface area is 96.0 Å². The highest BCUT2D eigenvalue weighted by atomic mass is 16.5. The van der Waals surface area contributed by atoms with Crippen LogP contribution in [0.5, 0.6) is 5.75 Å². The highest BCUT2D eigenvalue weighted by molar-refractivity contribution is 5.96. The number of carbonyl (C=O) groups excluding carboxylic acids is 1. The van der Waals surface area contributed by atoms with Crippen LogP contribution in [0, 0.1) is 0 Å². The SMILES string of the molecule is COc1ccc(C(C)C)cc1C(=O)N(C)N. The Morgan fingerprint density at radius 1 is 1.44 bits per heavy atom. The molecule has 0 bridgehead atoms. The maximum atomic E-state index is 11.8. The van der Waals surface area contributed by atoms with E-state index in [0.717, 1.165) is 10.6 Å². The van der Waals surface area contributed by atoms with Gasteiger partial charge in [-0.05, 0) is 23.6 Å². The lowest BCUT2D eigenvalue weighted by Gasteiger charge is -2.15. The van der Waals surface area contributed by atoms with Crippen molar-refractivity contribution in [3.8, 4) is 5.75 Å². The Bertz CT molecular complexity index is 387. The highest BCUT2D eigenvalue weighted by Gasteiger charge is 2.15. The van der Waals surface area contributed by atoms with Gasteiger partial charge in [0.2, 0.25) is 0 Å². The molecule has 1 amide bonds. The van der Waals surface area contributed by atoms with E-state index in [0.29, 0.717) is 17.2 Å². The van der Waals surface area contributed by atoms with Crippen molar-refractivity contribution >= 4 is 5.91 Å². The first-order chi connectivity index (χ1) is 7.47. The molecule has 1 aromatic carbocycles. The molecule has 0 fully saturated rings. The summed E-state index contributed by atoms with van der Waals surface area (Å²) in [5.74, 6) is 6.10. The van der Waals surface area contributed by atoms with Gasteiger partial charge in [0.1, 0.15) is 5.75 Å².